The maximum Gasteiger partial charge on any atom is 0.123 e. The topological polar surface area (TPSA) is 110 Å². The van der Waals surface area contributed by atoms with Gasteiger partial charge < -0.3 is 30.3 Å². The molecule has 0 unspecified atom stereocenters. The lowest BCUT2D eigenvalue weighted by atomic mass is 9.85. The van der Waals surface area contributed by atoms with Gasteiger partial charge in [-0.15, -0.1) is 23.2 Å². The van der Waals surface area contributed by atoms with Crippen molar-refractivity contribution in [1.29, 1.82) is 0 Å². The highest BCUT2D eigenvalue weighted by Gasteiger charge is 2.27. The molecule has 4 aliphatic carbocycles. The Kier molecular flexibility index (Phi) is 14.6. The lowest BCUT2D eigenvalue weighted by Crippen LogP contribution is -2.12. The summed E-state index contributed by atoms with van der Waals surface area (Å²) in [7, 11) is 1.61. The van der Waals surface area contributed by atoms with Crippen LogP contribution >= 0.6 is 23.2 Å². The number of ether oxygens (including phenoxy) is 1. The molecule has 43 heavy (non-hydrogen) atoms. The van der Waals surface area contributed by atoms with E-state index in [9.17, 15) is 25.5 Å². The molecular formula is C35H52Cl2O6. The number of aliphatic hydroxyl groups is 1. The SMILES string of the molecule is CCCC[C@@H]1CCC[C@H](Cl)C[C@H](OC)c2cc(O)c(c(O)c2)[C@H](CCCC)CCC[C@H](Cl)C[C@H](O)c2cc(O)c1c(O)c2. The quantitative estimate of drug-likeness (QED) is 0.193. The molecule has 6 atom stereocenters. The van der Waals surface area contributed by atoms with E-state index in [2.05, 4.69) is 13.8 Å². The molecule has 0 amide bonds. The minimum atomic E-state index is -0.928. The third kappa shape index (κ3) is 10.1. The van der Waals surface area contributed by atoms with E-state index in [1.165, 1.54) is 0 Å². The van der Waals surface area contributed by atoms with E-state index in [-0.39, 0.29) is 58.1 Å². The largest absolute Gasteiger partial charge is 0.508 e. The van der Waals surface area contributed by atoms with Gasteiger partial charge in [-0.1, -0.05) is 52.4 Å². The standard InChI is InChI=1S/C35H52Cl2O6/c1-4-6-10-22-13-9-15-27(37)21-33(43-3)25-18-31(41)35(32(42)19-25)23(11-7-5-2)12-8-14-26(36)20-28(38)24-16-29(39)34(22)30(40)17-24/h16-19,22-23,26-28,33,38-42H,4-15,20-21H2,1-3H3/t22-,23-,26+,27+,28+,33+/m1/s1. The van der Waals surface area contributed by atoms with Crippen LogP contribution in [0.4, 0.5) is 0 Å². The lowest BCUT2D eigenvalue weighted by molar-refractivity contribution is 0.0935. The molecule has 0 spiro atoms. The van der Waals surface area contributed by atoms with Crippen LogP contribution in [0.3, 0.4) is 0 Å². The predicted molar refractivity (Wildman–Crippen MR) is 175 cm³/mol. The first-order valence-electron chi connectivity index (χ1n) is 16.2. The highest BCUT2D eigenvalue weighted by Crippen LogP contribution is 2.45. The Bertz CT molecular complexity index is 1100. The van der Waals surface area contributed by atoms with Gasteiger partial charge in [0.25, 0.3) is 0 Å². The number of aromatic hydroxyl groups is 4. The van der Waals surface area contributed by atoms with Crippen LogP contribution in [-0.4, -0.2) is 43.4 Å². The van der Waals surface area contributed by atoms with Crippen LogP contribution in [-0.2, 0) is 4.74 Å². The van der Waals surface area contributed by atoms with Crippen molar-refractivity contribution in [1.82, 2.24) is 0 Å². The Labute approximate surface area is 268 Å². The van der Waals surface area contributed by atoms with Gasteiger partial charge in [0.1, 0.15) is 23.0 Å². The van der Waals surface area contributed by atoms with Crippen LogP contribution < -0.4 is 0 Å². The number of halogens is 2. The van der Waals surface area contributed by atoms with Crippen molar-refractivity contribution in [3.05, 3.63) is 46.5 Å². The van der Waals surface area contributed by atoms with E-state index in [0.29, 0.717) is 41.5 Å². The van der Waals surface area contributed by atoms with Crippen LogP contribution in [0.25, 0.3) is 0 Å². The van der Waals surface area contributed by atoms with Crippen LogP contribution in [0, 0.1) is 0 Å². The van der Waals surface area contributed by atoms with E-state index in [0.717, 1.165) is 64.2 Å². The third-order valence-electron chi connectivity index (χ3n) is 9.08. The van der Waals surface area contributed by atoms with Crippen LogP contribution in [0.2, 0.25) is 0 Å². The molecule has 0 aliphatic heterocycles. The number of alkyl halides is 2. The van der Waals surface area contributed by atoms with Crippen LogP contribution in [0.15, 0.2) is 24.3 Å². The molecule has 0 saturated carbocycles. The van der Waals surface area contributed by atoms with Gasteiger partial charge >= 0.3 is 0 Å². The Morgan fingerprint density at radius 1 is 0.674 bits per heavy atom. The number of benzene rings is 2. The van der Waals surface area contributed by atoms with E-state index >= 15 is 0 Å². The minimum Gasteiger partial charge on any atom is -0.508 e. The summed E-state index contributed by atoms with van der Waals surface area (Å²) in [5.74, 6) is 0.0770. The molecule has 8 heteroatoms. The predicted octanol–water partition coefficient (Wildman–Crippen LogP) is 9.83. The van der Waals surface area contributed by atoms with Crippen molar-refractivity contribution < 1.29 is 30.3 Å². The normalized spacial score (nSPS) is 26.2. The van der Waals surface area contributed by atoms with Crippen molar-refractivity contribution in [3.8, 4) is 23.0 Å². The summed E-state index contributed by atoms with van der Waals surface area (Å²) in [4.78, 5) is 0. The van der Waals surface area contributed by atoms with E-state index in [4.69, 9.17) is 27.9 Å². The molecule has 0 fully saturated rings. The fourth-order valence-corrected chi connectivity index (χ4v) is 7.30. The molecule has 4 aliphatic rings. The summed E-state index contributed by atoms with van der Waals surface area (Å²) in [5.41, 5.74) is 2.22. The Balaban J connectivity index is 1.94. The van der Waals surface area contributed by atoms with Gasteiger partial charge in [-0.3, -0.25) is 0 Å². The zero-order valence-corrected chi connectivity index (χ0v) is 27.6. The van der Waals surface area contributed by atoms with Crippen LogP contribution in [0.5, 0.6) is 23.0 Å². The number of phenolic OH excluding ortho intramolecular Hbond substituents is 4. The van der Waals surface area contributed by atoms with Crippen molar-refractivity contribution >= 4 is 23.2 Å². The average Bonchev–Trinajstić information content (AvgIpc) is 2.95. The van der Waals surface area contributed by atoms with Gasteiger partial charge in [-0.05, 0) is 98.6 Å². The molecule has 0 heterocycles. The summed E-state index contributed by atoms with van der Waals surface area (Å²) < 4.78 is 5.77. The number of phenols is 4. The zero-order chi connectivity index (χ0) is 31.5. The Hall–Kier alpha value is -1.86. The monoisotopic (exact) mass is 638 g/mol. The van der Waals surface area contributed by atoms with E-state index < -0.39 is 6.10 Å². The van der Waals surface area contributed by atoms with Crippen molar-refractivity contribution in [2.75, 3.05) is 7.11 Å². The first-order valence-corrected chi connectivity index (χ1v) is 17.1. The number of hydrogen-bond donors (Lipinski definition) is 5. The fraction of sp³-hybridized carbons (Fsp3) is 0.657. The maximum absolute atomic E-state index is 11.1. The minimum absolute atomic E-state index is 0.00620. The van der Waals surface area contributed by atoms with Gasteiger partial charge in [0.2, 0.25) is 0 Å². The zero-order valence-electron chi connectivity index (χ0n) is 26.1. The second-order valence-electron chi connectivity index (χ2n) is 12.4. The molecular weight excluding hydrogens is 587 g/mol. The summed E-state index contributed by atoms with van der Waals surface area (Å²) in [6.45, 7) is 4.24. The molecule has 6 nitrogen and oxygen atoms in total. The molecule has 2 aromatic rings. The highest BCUT2D eigenvalue weighted by atomic mass is 35.5. The maximum atomic E-state index is 11.1. The molecule has 5 N–H and O–H groups in total. The Morgan fingerprint density at radius 3 is 1.51 bits per heavy atom. The molecule has 6 rings (SSSR count). The first kappa shape index (κ1) is 35.6. The number of aliphatic hydroxyl groups excluding tert-OH is 1. The van der Waals surface area contributed by atoms with Gasteiger partial charge in [0, 0.05) is 29.0 Å². The molecule has 4 bridgehead atoms. The highest BCUT2D eigenvalue weighted by molar-refractivity contribution is 6.20. The lowest BCUT2D eigenvalue weighted by Gasteiger charge is -2.25. The smallest absolute Gasteiger partial charge is 0.123 e. The molecule has 242 valence electrons. The number of rotatable bonds is 7. The van der Waals surface area contributed by atoms with Crippen molar-refractivity contribution in [3.63, 3.8) is 0 Å². The van der Waals surface area contributed by atoms with Crippen molar-refractivity contribution in [2.45, 2.75) is 139 Å². The van der Waals surface area contributed by atoms with Gasteiger partial charge in [-0.25, -0.2) is 0 Å². The summed E-state index contributed by atoms with van der Waals surface area (Å²) in [6.07, 6.45) is 9.38. The number of hydrogen-bond acceptors (Lipinski definition) is 6. The van der Waals surface area contributed by atoms with E-state index in [1.54, 1.807) is 31.4 Å². The third-order valence-corrected chi connectivity index (χ3v) is 9.87. The van der Waals surface area contributed by atoms with Gasteiger partial charge in [-0.2, -0.15) is 0 Å². The number of methoxy groups -OCH3 is 1. The van der Waals surface area contributed by atoms with Crippen LogP contribution in [0.1, 0.15) is 150 Å². The van der Waals surface area contributed by atoms with E-state index in [1.807, 2.05) is 0 Å². The van der Waals surface area contributed by atoms with Gasteiger partial charge in [0.05, 0.1) is 12.2 Å². The summed E-state index contributed by atoms with van der Waals surface area (Å²) in [6, 6.07) is 6.54. The second kappa shape index (κ2) is 17.6. The molecule has 2 aromatic carbocycles. The summed E-state index contributed by atoms with van der Waals surface area (Å²) >= 11 is 13.5. The fourth-order valence-electron chi connectivity index (χ4n) is 6.66. The molecule has 0 saturated heterocycles. The van der Waals surface area contributed by atoms with Crippen molar-refractivity contribution in [2.24, 2.45) is 0 Å². The first-order chi connectivity index (χ1) is 20.6. The van der Waals surface area contributed by atoms with Gasteiger partial charge in [0.15, 0.2) is 0 Å². The Morgan fingerprint density at radius 2 is 1.09 bits per heavy atom. The number of unbranched alkanes of at least 4 members (excludes halogenated alkanes) is 2. The molecule has 0 radical (unpaired) electrons. The average molecular weight is 640 g/mol. The molecule has 0 aromatic heterocycles. The second-order valence-corrected chi connectivity index (χ2v) is 13.6. The summed E-state index contributed by atoms with van der Waals surface area (Å²) in [5, 5.41) is 54.7.